The number of hydrogen-bond acceptors (Lipinski definition) is 5. The van der Waals surface area contributed by atoms with Crippen LogP contribution in [0.25, 0.3) is 0 Å². The number of nitrogens with one attached hydrogen (secondary N) is 1. The maximum atomic E-state index is 5.73. The molecule has 0 spiro atoms. The zero-order valence-electron chi connectivity index (χ0n) is 13.5. The number of hydrogen-bond donors (Lipinski definition) is 1. The Balaban J connectivity index is 1.86. The van der Waals surface area contributed by atoms with Crippen LogP contribution in [0.15, 0.2) is 12.4 Å². The maximum Gasteiger partial charge on any atom is 0.225 e. The molecule has 2 rings (SSSR count). The monoisotopic (exact) mass is 292 g/mol. The van der Waals surface area contributed by atoms with Crippen LogP contribution in [0.2, 0.25) is 0 Å². The van der Waals surface area contributed by atoms with Crippen LogP contribution in [0.1, 0.15) is 39.2 Å². The molecule has 0 aromatic carbocycles. The van der Waals surface area contributed by atoms with Gasteiger partial charge in [0.2, 0.25) is 5.95 Å². The fraction of sp³-hybridized carbons (Fsp3) is 0.750. The highest BCUT2D eigenvalue weighted by molar-refractivity contribution is 5.30. The van der Waals surface area contributed by atoms with Crippen LogP contribution in [0, 0.1) is 5.92 Å². The van der Waals surface area contributed by atoms with Gasteiger partial charge in [-0.25, -0.2) is 9.97 Å². The highest BCUT2D eigenvalue weighted by Gasteiger charge is 2.21. The Labute approximate surface area is 128 Å². The molecule has 1 unspecified atom stereocenters. The normalized spacial score (nSPS) is 19.2. The lowest BCUT2D eigenvalue weighted by Gasteiger charge is -2.32. The Bertz CT molecular complexity index is 405. The van der Waals surface area contributed by atoms with Crippen LogP contribution < -0.4 is 10.2 Å². The Morgan fingerprint density at radius 3 is 2.81 bits per heavy atom. The number of aromatic nitrogens is 2. The van der Waals surface area contributed by atoms with E-state index in [4.69, 9.17) is 4.74 Å². The first-order valence-electron chi connectivity index (χ1n) is 8.07. The molecule has 1 saturated heterocycles. The van der Waals surface area contributed by atoms with E-state index < -0.39 is 0 Å². The van der Waals surface area contributed by atoms with Crippen LogP contribution in [0.4, 0.5) is 5.95 Å². The Morgan fingerprint density at radius 2 is 2.14 bits per heavy atom. The van der Waals surface area contributed by atoms with E-state index in [0.717, 1.165) is 57.1 Å². The van der Waals surface area contributed by atoms with Gasteiger partial charge in [-0.05, 0) is 32.2 Å². The molecule has 1 aromatic heterocycles. The Hall–Kier alpha value is -1.20. The fourth-order valence-electron chi connectivity index (χ4n) is 2.60. The Kier molecular flexibility index (Phi) is 6.39. The van der Waals surface area contributed by atoms with Crippen LogP contribution >= 0.6 is 0 Å². The van der Waals surface area contributed by atoms with Crippen molar-refractivity contribution in [3.63, 3.8) is 0 Å². The van der Waals surface area contributed by atoms with E-state index in [0.29, 0.717) is 12.0 Å². The zero-order chi connectivity index (χ0) is 15.1. The molecule has 1 aliphatic heterocycles. The van der Waals surface area contributed by atoms with Crippen molar-refractivity contribution in [2.45, 2.75) is 46.3 Å². The third-order valence-electron chi connectivity index (χ3n) is 3.64. The van der Waals surface area contributed by atoms with Crippen molar-refractivity contribution >= 4 is 5.95 Å². The molecule has 1 aliphatic rings. The van der Waals surface area contributed by atoms with E-state index in [1.165, 1.54) is 0 Å². The van der Waals surface area contributed by atoms with Crippen molar-refractivity contribution in [1.29, 1.82) is 0 Å². The molecule has 0 amide bonds. The van der Waals surface area contributed by atoms with Gasteiger partial charge in [-0.15, -0.1) is 0 Å². The van der Waals surface area contributed by atoms with Gasteiger partial charge < -0.3 is 15.0 Å². The predicted molar refractivity (Wildman–Crippen MR) is 85.4 cm³/mol. The first-order chi connectivity index (χ1) is 10.2. The lowest BCUT2D eigenvalue weighted by atomic mass is 10.1. The maximum absolute atomic E-state index is 5.73. The summed E-state index contributed by atoms with van der Waals surface area (Å²) in [5, 5.41) is 3.41. The number of ether oxygens (including phenoxy) is 1. The van der Waals surface area contributed by atoms with E-state index >= 15 is 0 Å². The van der Waals surface area contributed by atoms with Crippen molar-refractivity contribution < 1.29 is 4.74 Å². The summed E-state index contributed by atoms with van der Waals surface area (Å²) in [5.41, 5.74) is 1.14. The number of nitrogens with zero attached hydrogens (tertiary/aromatic N) is 3. The molecule has 0 radical (unpaired) electrons. The lowest BCUT2D eigenvalue weighted by Crippen LogP contribution is -2.40. The van der Waals surface area contributed by atoms with E-state index in [2.05, 4.69) is 34.0 Å². The van der Waals surface area contributed by atoms with Crippen molar-refractivity contribution in [3.8, 4) is 0 Å². The number of rotatable bonds is 7. The lowest BCUT2D eigenvalue weighted by molar-refractivity contribution is 0.0523. The third-order valence-corrected chi connectivity index (χ3v) is 3.64. The van der Waals surface area contributed by atoms with Gasteiger partial charge in [-0.2, -0.15) is 0 Å². The first kappa shape index (κ1) is 16.2. The summed E-state index contributed by atoms with van der Waals surface area (Å²) in [6, 6.07) is 0. The summed E-state index contributed by atoms with van der Waals surface area (Å²) in [5.74, 6) is 1.49. The van der Waals surface area contributed by atoms with E-state index in [-0.39, 0.29) is 0 Å². The second-order valence-electron chi connectivity index (χ2n) is 6.08. The molecule has 1 atom stereocenters. The Morgan fingerprint density at radius 1 is 1.38 bits per heavy atom. The molecule has 1 aromatic rings. The molecule has 5 heteroatoms. The van der Waals surface area contributed by atoms with Gasteiger partial charge in [0.15, 0.2) is 0 Å². The minimum atomic E-state index is 0.319. The van der Waals surface area contributed by atoms with E-state index in [9.17, 15) is 0 Å². The third kappa shape index (κ3) is 5.25. The molecule has 5 nitrogen and oxygen atoms in total. The standard InChI is InChI=1S/C16H28N4O/c1-4-21-15-6-5-7-20(12-15)16-18-10-14(11-19-16)9-17-8-13(2)3/h10-11,13,15,17H,4-9,12H2,1-3H3. The predicted octanol–water partition coefficient (Wildman–Crippen LogP) is 2.23. The highest BCUT2D eigenvalue weighted by Crippen LogP contribution is 2.17. The van der Waals surface area contributed by atoms with Crippen LogP contribution in [-0.4, -0.2) is 42.3 Å². The van der Waals surface area contributed by atoms with Gasteiger partial charge in [-0.1, -0.05) is 13.8 Å². The molecule has 21 heavy (non-hydrogen) atoms. The second-order valence-corrected chi connectivity index (χ2v) is 6.08. The molecular weight excluding hydrogens is 264 g/mol. The molecule has 1 fully saturated rings. The SMILES string of the molecule is CCOC1CCCN(c2ncc(CNCC(C)C)cn2)C1. The summed E-state index contributed by atoms with van der Waals surface area (Å²) in [7, 11) is 0. The van der Waals surface area contributed by atoms with Crippen molar-refractivity contribution in [2.24, 2.45) is 5.92 Å². The molecule has 0 bridgehead atoms. The summed E-state index contributed by atoms with van der Waals surface area (Å²) in [4.78, 5) is 11.3. The molecule has 1 N–H and O–H groups in total. The largest absolute Gasteiger partial charge is 0.377 e. The van der Waals surface area contributed by atoms with E-state index in [1.807, 2.05) is 19.3 Å². The molecule has 118 valence electrons. The number of piperidine rings is 1. The molecule has 0 aliphatic carbocycles. The summed E-state index contributed by atoms with van der Waals surface area (Å²) in [6.45, 7) is 11.0. The first-order valence-corrected chi connectivity index (χ1v) is 8.07. The minimum absolute atomic E-state index is 0.319. The quantitative estimate of drug-likeness (QED) is 0.835. The van der Waals surface area contributed by atoms with Gasteiger partial charge >= 0.3 is 0 Å². The van der Waals surface area contributed by atoms with Gasteiger partial charge in [0.05, 0.1) is 6.10 Å². The highest BCUT2D eigenvalue weighted by atomic mass is 16.5. The molecular formula is C16H28N4O. The van der Waals surface area contributed by atoms with Gasteiger partial charge in [0, 0.05) is 44.2 Å². The number of anilines is 1. The zero-order valence-corrected chi connectivity index (χ0v) is 13.5. The van der Waals surface area contributed by atoms with Crippen molar-refractivity contribution in [3.05, 3.63) is 18.0 Å². The smallest absolute Gasteiger partial charge is 0.225 e. The van der Waals surface area contributed by atoms with Crippen LogP contribution in [0.5, 0.6) is 0 Å². The average Bonchev–Trinajstić information content (AvgIpc) is 2.48. The van der Waals surface area contributed by atoms with Gasteiger partial charge in [0.25, 0.3) is 0 Å². The fourth-order valence-corrected chi connectivity index (χ4v) is 2.60. The second kappa shape index (κ2) is 8.29. The van der Waals surface area contributed by atoms with E-state index in [1.54, 1.807) is 0 Å². The summed E-state index contributed by atoms with van der Waals surface area (Å²) in [6.07, 6.45) is 6.47. The molecule has 2 heterocycles. The van der Waals surface area contributed by atoms with Gasteiger partial charge in [0.1, 0.15) is 0 Å². The summed E-state index contributed by atoms with van der Waals surface area (Å²) >= 11 is 0. The van der Waals surface area contributed by atoms with Gasteiger partial charge in [-0.3, -0.25) is 0 Å². The topological polar surface area (TPSA) is 50.3 Å². The van der Waals surface area contributed by atoms with Crippen LogP contribution in [0.3, 0.4) is 0 Å². The summed E-state index contributed by atoms with van der Waals surface area (Å²) < 4.78 is 5.73. The van der Waals surface area contributed by atoms with Crippen molar-refractivity contribution in [2.75, 3.05) is 31.1 Å². The van der Waals surface area contributed by atoms with Crippen molar-refractivity contribution in [1.82, 2.24) is 15.3 Å². The minimum Gasteiger partial charge on any atom is -0.377 e. The average molecular weight is 292 g/mol. The van der Waals surface area contributed by atoms with Crippen LogP contribution in [-0.2, 0) is 11.3 Å². The molecule has 0 saturated carbocycles.